The van der Waals surface area contributed by atoms with Gasteiger partial charge >= 0.3 is 6.03 Å². The molecule has 0 atom stereocenters. The Morgan fingerprint density at radius 3 is 2.72 bits per heavy atom. The van der Waals surface area contributed by atoms with E-state index in [0.717, 1.165) is 55.4 Å². The number of carbonyl (C=O) groups excluding carboxylic acids is 1. The molecule has 0 bridgehead atoms. The number of hydrogen-bond acceptors (Lipinski definition) is 5. The zero-order chi connectivity index (χ0) is 24.6. The Hall–Kier alpha value is -3.85. The predicted molar refractivity (Wildman–Crippen MR) is 138 cm³/mol. The average molecular weight is 486 g/mol. The van der Waals surface area contributed by atoms with Crippen molar-refractivity contribution < 1.29 is 9.18 Å². The van der Waals surface area contributed by atoms with Gasteiger partial charge in [0.2, 0.25) is 0 Å². The number of pyridine rings is 1. The second kappa shape index (κ2) is 9.31. The minimum atomic E-state index is -0.442. The predicted octanol–water partition coefficient (Wildman–Crippen LogP) is 5.17. The Balaban J connectivity index is 1.28. The number of nitrogens with one attached hydrogen (secondary N) is 2. The number of carbonyl (C=O) groups is 1. The number of amides is 2. The highest BCUT2D eigenvalue weighted by Gasteiger charge is 2.30. The van der Waals surface area contributed by atoms with Crippen LogP contribution in [0.25, 0.3) is 22.3 Å². The number of nitrogens with zero attached hydrogens (tertiary/aromatic N) is 5. The van der Waals surface area contributed by atoms with Crippen LogP contribution in [-0.4, -0.2) is 57.0 Å². The lowest BCUT2D eigenvalue weighted by Crippen LogP contribution is -2.48. The van der Waals surface area contributed by atoms with Gasteiger partial charge in [-0.2, -0.15) is 0 Å². The van der Waals surface area contributed by atoms with Crippen molar-refractivity contribution in [3.05, 3.63) is 66.6 Å². The maximum Gasteiger partial charge on any atom is 0.326 e. The summed E-state index contributed by atoms with van der Waals surface area (Å²) in [4.78, 5) is 33.6. The molecule has 184 valence electrons. The summed E-state index contributed by atoms with van der Waals surface area (Å²) in [5.41, 5.74) is 3.93. The van der Waals surface area contributed by atoms with E-state index < -0.39 is 5.82 Å². The van der Waals surface area contributed by atoms with Crippen LogP contribution in [0.1, 0.15) is 37.2 Å². The molecule has 1 saturated heterocycles. The fourth-order valence-corrected chi connectivity index (χ4v) is 5.12. The van der Waals surface area contributed by atoms with E-state index in [1.165, 1.54) is 12.4 Å². The summed E-state index contributed by atoms with van der Waals surface area (Å²) >= 11 is 0. The fraction of sp³-hybridized carbons (Fsp3) is 0.333. The van der Waals surface area contributed by atoms with Gasteiger partial charge in [0.1, 0.15) is 17.8 Å². The molecule has 1 aliphatic carbocycles. The van der Waals surface area contributed by atoms with E-state index in [1.807, 2.05) is 18.3 Å². The van der Waals surface area contributed by atoms with Crippen molar-refractivity contribution in [1.82, 2.24) is 24.8 Å². The first-order valence-electron chi connectivity index (χ1n) is 12.4. The maximum absolute atomic E-state index is 15.4. The van der Waals surface area contributed by atoms with E-state index in [-0.39, 0.29) is 12.1 Å². The first-order chi connectivity index (χ1) is 17.6. The Kier molecular flexibility index (Phi) is 5.85. The molecule has 2 aliphatic rings. The van der Waals surface area contributed by atoms with E-state index in [9.17, 15) is 4.79 Å². The molecule has 1 aromatic carbocycles. The summed E-state index contributed by atoms with van der Waals surface area (Å²) in [6.45, 7) is 1.82. The minimum Gasteiger partial charge on any atom is -0.346 e. The Labute approximate surface area is 208 Å². The molecule has 2 N–H and O–H groups in total. The summed E-state index contributed by atoms with van der Waals surface area (Å²) in [5.74, 6) is 0.0334. The van der Waals surface area contributed by atoms with Crippen molar-refractivity contribution in [2.45, 2.75) is 37.6 Å². The van der Waals surface area contributed by atoms with Gasteiger partial charge in [-0.25, -0.2) is 19.2 Å². The van der Waals surface area contributed by atoms with Gasteiger partial charge < -0.3 is 15.2 Å². The molecule has 1 saturated carbocycles. The molecule has 36 heavy (non-hydrogen) atoms. The Morgan fingerprint density at radius 1 is 1.17 bits per heavy atom. The van der Waals surface area contributed by atoms with Crippen LogP contribution in [0, 0.1) is 5.82 Å². The number of anilines is 2. The topological polar surface area (TPSA) is 90.0 Å². The highest BCUT2D eigenvalue weighted by molar-refractivity contribution is 6.02. The largest absolute Gasteiger partial charge is 0.346 e. The third-order valence-electron chi connectivity index (χ3n) is 7.19. The summed E-state index contributed by atoms with van der Waals surface area (Å²) < 4.78 is 15.4. The van der Waals surface area contributed by atoms with Gasteiger partial charge in [-0.3, -0.25) is 9.88 Å². The van der Waals surface area contributed by atoms with Crippen molar-refractivity contribution in [2.75, 3.05) is 30.4 Å². The van der Waals surface area contributed by atoms with Crippen LogP contribution in [0.3, 0.4) is 0 Å². The molecule has 0 unspecified atom stereocenters. The lowest BCUT2D eigenvalue weighted by molar-refractivity contribution is 0.234. The van der Waals surface area contributed by atoms with Crippen molar-refractivity contribution in [2.24, 2.45) is 0 Å². The number of hydrogen-bond donors (Lipinski definition) is 2. The average Bonchev–Trinajstić information content (AvgIpc) is 3.64. The zero-order valence-electron chi connectivity index (χ0n) is 20.1. The smallest absolute Gasteiger partial charge is 0.326 e. The summed E-state index contributed by atoms with van der Waals surface area (Å²) in [5, 5.41) is 3.78. The summed E-state index contributed by atoms with van der Waals surface area (Å²) in [6, 6.07) is 8.21. The highest BCUT2D eigenvalue weighted by atomic mass is 19.1. The van der Waals surface area contributed by atoms with Crippen LogP contribution in [0.15, 0.2) is 55.2 Å². The molecular weight excluding hydrogens is 457 g/mol. The number of halogens is 1. The SMILES string of the molecule is CN1CCC(N(C(=O)Nc2ccc(-c3ncnc4[nH]cc(C5CC5)c34)c(F)c2)c2cccnc2)CC1. The monoisotopic (exact) mass is 485 g/mol. The number of aromatic amines is 1. The molecule has 2 fully saturated rings. The van der Waals surface area contributed by atoms with Crippen molar-refractivity contribution >= 4 is 28.4 Å². The first kappa shape index (κ1) is 22.6. The van der Waals surface area contributed by atoms with Gasteiger partial charge in [0, 0.05) is 35.1 Å². The lowest BCUT2D eigenvalue weighted by atomic mass is 10.0. The number of rotatable bonds is 5. The molecule has 4 heterocycles. The standard InChI is InChI=1S/C27H28FN7O/c1-34-11-8-19(9-12-34)35(20-3-2-10-29-14-20)27(36)33-18-6-7-21(23(28)13-18)25-24-22(17-4-5-17)15-30-26(24)32-16-31-25/h2-3,6-7,10,13-17,19H,4-5,8-9,11-12H2,1H3,(H,33,36)(H,30,31,32). The third kappa shape index (κ3) is 4.30. The highest BCUT2D eigenvalue weighted by Crippen LogP contribution is 2.45. The molecule has 0 spiro atoms. The number of H-pyrrole nitrogens is 1. The van der Waals surface area contributed by atoms with E-state index in [0.29, 0.717) is 28.5 Å². The third-order valence-corrected chi connectivity index (χ3v) is 7.19. The van der Waals surface area contributed by atoms with Crippen LogP contribution in [-0.2, 0) is 0 Å². The number of likely N-dealkylation sites (tertiary alicyclic amines) is 1. The lowest BCUT2D eigenvalue weighted by Gasteiger charge is -2.37. The molecule has 2 amide bonds. The van der Waals surface area contributed by atoms with Gasteiger partial charge in [0.15, 0.2) is 0 Å². The van der Waals surface area contributed by atoms with Crippen LogP contribution in [0.5, 0.6) is 0 Å². The quantitative estimate of drug-likeness (QED) is 0.407. The number of benzene rings is 1. The van der Waals surface area contributed by atoms with E-state index in [1.54, 1.807) is 29.4 Å². The second-order valence-corrected chi connectivity index (χ2v) is 9.70. The van der Waals surface area contributed by atoms with Crippen LogP contribution < -0.4 is 10.2 Å². The number of urea groups is 1. The van der Waals surface area contributed by atoms with Gasteiger partial charge in [0.25, 0.3) is 0 Å². The molecular formula is C27H28FN7O. The van der Waals surface area contributed by atoms with Crippen LogP contribution >= 0.6 is 0 Å². The molecule has 6 rings (SSSR count). The van der Waals surface area contributed by atoms with E-state index in [2.05, 4.69) is 37.2 Å². The molecule has 0 radical (unpaired) electrons. The minimum absolute atomic E-state index is 0.0401. The Bertz CT molecular complexity index is 1390. The molecule has 9 heteroatoms. The van der Waals surface area contributed by atoms with E-state index >= 15 is 4.39 Å². The normalized spacial score (nSPS) is 16.8. The number of aromatic nitrogens is 4. The Morgan fingerprint density at radius 2 is 2.00 bits per heavy atom. The van der Waals surface area contributed by atoms with Crippen molar-refractivity contribution in [3.63, 3.8) is 0 Å². The fourth-order valence-electron chi connectivity index (χ4n) is 5.12. The zero-order valence-corrected chi connectivity index (χ0v) is 20.1. The molecule has 3 aromatic heterocycles. The van der Waals surface area contributed by atoms with Crippen LogP contribution in [0.2, 0.25) is 0 Å². The molecule has 8 nitrogen and oxygen atoms in total. The van der Waals surface area contributed by atoms with Gasteiger partial charge in [-0.15, -0.1) is 0 Å². The number of piperidine rings is 1. The first-order valence-corrected chi connectivity index (χ1v) is 12.4. The molecule has 4 aromatic rings. The number of fused-ring (bicyclic) bond motifs is 1. The van der Waals surface area contributed by atoms with Gasteiger partial charge in [0.05, 0.1) is 17.6 Å². The van der Waals surface area contributed by atoms with Gasteiger partial charge in [-0.1, -0.05) is 0 Å². The molecule has 1 aliphatic heterocycles. The summed E-state index contributed by atoms with van der Waals surface area (Å²) in [7, 11) is 2.08. The van der Waals surface area contributed by atoms with Crippen molar-refractivity contribution in [3.8, 4) is 11.3 Å². The second-order valence-electron chi connectivity index (χ2n) is 9.70. The van der Waals surface area contributed by atoms with Crippen LogP contribution in [0.4, 0.5) is 20.6 Å². The van der Waals surface area contributed by atoms with E-state index in [4.69, 9.17) is 0 Å². The summed E-state index contributed by atoms with van der Waals surface area (Å²) in [6.07, 6.45) is 10.8. The maximum atomic E-state index is 15.4. The van der Waals surface area contributed by atoms with Gasteiger partial charge in [-0.05, 0) is 87.6 Å². The van der Waals surface area contributed by atoms with Crippen molar-refractivity contribution in [1.29, 1.82) is 0 Å².